The van der Waals surface area contributed by atoms with Crippen LogP contribution in [0.4, 0.5) is 0 Å². The number of benzene rings is 1. The van der Waals surface area contributed by atoms with Gasteiger partial charge in [0.2, 0.25) is 0 Å². The van der Waals surface area contributed by atoms with Gasteiger partial charge in [-0.3, -0.25) is 4.79 Å². The largest absolute Gasteiger partial charge is 0.350 e. The van der Waals surface area contributed by atoms with E-state index in [1.54, 1.807) is 6.07 Å². The van der Waals surface area contributed by atoms with Gasteiger partial charge < -0.3 is 5.32 Å². The molecule has 0 aliphatic heterocycles. The van der Waals surface area contributed by atoms with E-state index >= 15 is 0 Å². The van der Waals surface area contributed by atoms with E-state index in [0.717, 1.165) is 5.39 Å². The van der Waals surface area contributed by atoms with Crippen molar-refractivity contribution in [1.29, 1.82) is 5.26 Å². The van der Waals surface area contributed by atoms with Crippen molar-refractivity contribution in [3.05, 3.63) is 41.0 Å². The minimum absolute atomic E-state index is 0.261. The van der Waals surface area contributed by atoms with Gasteiger partial charge in [-0.2, -0.15) is 5.26 Å². The molecular formula is C13H10ClN3O. The van der Waals surface area contributed by atoms with Crippen LogP contribution in [-0.2, 0) is 0 Å². The van der Waals surface area contributed by atoms with Crippen molar-refractivity contribution in [3.8, 4) is 6.07 Å². The number of rotatable bonds is 3. The second-order valence-electron chi connectivity index (χ2n) is 3.67. The number of nitriles is 1. The summed E-state index contributed by atoms with van der Waals surface area (Å²) < 4.78 is 0. The molecule has 4 nitrogen and oxygen atoms in total. The zero-order chi connectivity index (χ0) is 13.0. The number of hydrogen-bond acceptors (Lipinski definition) is 3. The highest BCUT2D eigenvalue weighted by molar-refractivity contribution is 6.35. The van der Waals surface area contributed by atoms with Crippen molar-refractivity contribution in [2.24, 2.45) is 0 Å². The van der Waals surface area contributed by atoms with Crippen LogP contribution in [0.25, 0.3) is 10.9 Å². The molecule has 1 N–H and O–H groups in total. The van der Waals surface area contributed by atoms with Crippen LogP contribution in [-0.4, -0.2) is 17.4 Å². The Labute approximate surface area is 109 Å². The summed E-state index contributed by atoms with van der Waals surface area (Å²) in [5, 5.41) is 12.3. The van der Waals surface area contributed by atoms with Gasteiger partial charge in [-0.25, -0.2) is 4.98 Å². The van der Waals surface area contributed by atoms with Crippen LogP contribution >= 0.6 is 11.6 Å². The van der Waals surface area contributed by atoms with Crippen molar-refractivity contribution in [2.75, 3.05) is 6.54 Å². The van der Waals surface area contributed by atoms with E-state index in [4.69, 9.17) is 16.9 Å². The van der Waals surface area contributed by atoms with Crippen LogP contribution in [0, 0.1) is 11.3 Å². The Balaban J connectivity index is 2.29. The molecule has 1 amide bonds. The predicted molar refractivity (Wildman–Crippen MR) is 69.3 cm³/mol. The third kappa shape index (κ3) is 2.58. The quantitative estimate of drug-likeness (QED) is 0.862. The number of carbonyl (C=O) groups excluding carboxylic acids is 1. The molecule has 0 spiro atoms. The Hall–Kier alpha value is -2.12. The summed E-state index contributed by atoms with van der Waals surface area (Å²) in [5.41, 5.74) is 0.937. The highest BCUT2D eigenvalue weighted by atomic mass is 35.5. The molecule has 0 radical (unpaired) electrons. The first kappa shape index (κ1) is 12.3. The summed E-state index contributed by atoms with van der Waals surface area (Å²) in [6.07, 6.45) is 0.271. The molecule has 18 heavy (non-hydrogen) atoms. The Bertz CT molecular complexity index is 634. The number of para-hydroxylation sites is 1. The lowest BCUT2D eigenvalue weighted by atomic mass is 10.2. The van der Waals surface area contributed by atoms with Gasteiger partial charge in [0.15, 0.2) is 0 Å². The van der Waals surface area contributed by atoms with Crippen molar-refractivity contribution in [1.82, 2.24) is 10.3 Å². The lowest BCUT2D eigenvalue weighted by molar-refractivity contribution is 0.0950. The molecule has 1 aromatic carbocycles. The van der Waals surface area contributed by atoms with E-state index in [-0.39, 0.29) is 18.0 Å². The van der Waals surface area contributed by atoms with Gasteiger partial charge in [-0.1, -0.05) is 29.8 Å². The van der Waals surface area contributed by atoms with E-state index in [9.17, 15) is 4.79 Å². The molecule has 0 fully saturated rings. The molecule has 0 unspecified atom stereocenters. The van der Waals surface area contributed by atoms with Gasteiger partial charge in [-0.15, -0.1) is 0 Å². The lowest BCUT2D eigenvalue weighted by Crippen LogP contribution is -2.25. The number of carbonyl (C=O) groups is 1. The number of nitrogens with zero attached hydrogens (tertiary/aromatic N) is 2. The van der Waals surface area contributed by atoms with E-state index in [1.807, 2.05) is 24.3 Å². The molecule has 90 valence electrons. The van der Waals surface area contributed by atoms with Crippen molar-refractivity contribution in [3.63, 3.8) is 0 Å². The Morgan fingerprint density at radius 2 is 2.22 bits per heavy atom. The first-order valence-corrected chi connectivity index (χ1v) is 5.80. The first-order valence-electron chi connectivity index (χ1n) is 5.43. The highest BCUT2D eigenvalue weighted by Gasteiger charge is 2.10. The molecule has 5 heteroatoms. The molecule has 0 saturated heterocycles. The van der Waals surface area contributed by atoms with Crippen molar-refractivity contribution in [2.45, 2.75) is 6.42 Å². The van der Waals surface area contributed by atoms with Gasteiger partial charge in [-0.05, 0) is 12.1 Å². The molecule has 0 saturated carbocycles. The number of aromatic nitrogens is 1. The summed E-state index contributed by atoms with van der Waals surface area (Å²) in [6.45, 7) is 0.307. The molecular weight excluding hydrogens is 250 g/mol. The maximum Gasteiger partial charge on any atom is 0.269 e. The monoisotopic (exact) mass is 259 g/mol. The number of amides is 1. The molecule has 1 heterocycles. The number of nitrogens with one attached hydrogen (secondary N) is 1. The van der Waals surface area contributed by atoms with E-state index in [2.05, 4.69) is 10.3 Å². The molecule has 0 bridgehead atoms. The second-order valence-corrected chi connectivity index (χ2v) is 4.08. The fraction of sp³-hybridized carbons (Fsp3) is 0.154. The SMILES string of the molecule is N#CCCNC(=O)c1cc(Cl)c2ccccc2n1. The van der Waals surface area contributed by atoms with Crippen LogP contribution in [0.15, 0.2) is 30.3 Å². The summed E-state index contributed by atoms with van der Waals surface area (Å²) >= 11 is 6.10. The minimum atomic E-state index is -0.321. The second kappa shape index (κ2) is 5.48. The number of hydrogen-bond donors (Lipinski definition) is 1. The first-order chi connectivity index (χ1) is 8.72. The van der Waals surface area contributed by atoms with E-state index < -0.39 is 0 Å². The fourth-order valence-electron chi connectivity index (χ4n) is 1.57. The van der Waals surface area contributed by atoms with E-state index in [1.165, 1.54) is 6.07 Å². The Kier molecular flexibility index (Phi) is 3.75. The minimum Gasteiger partial charge on any atom is -0.350 e. The van der Waals surface area contributed by atoms with Crippen LogP contribution in [0.2, 0.25) is 5.02 Å². The van der Waals surface area contributed by atoms with Crippen LogP contribution < -0.4 is 5.32 Å². The molecule has 0 aliphatic carbocycles. The maximum atomic E-state index is 11.8. The molecule has 1 aromatic heterocycles. The van der Waals surface area contributed by atoms with Crippen LogP contribution in [0.3, 0.4) is 0 Å². The van der Waals surface area contributed by atoms with Gasteiger partial charge >= 0.3 is 0 Å². The average molecular weight is 260 g/mol. The van der Waals surface area contributed by atoms with Crippen molar-refractivity contribution < 1.29 is 4.79 Å². The molecule has 0 aliphatic rings. The summed E-state index contributed by atoms with van der Waals surface area (Å²) in [5.74, 6) is -0.321. The standard InChI is InChI=1S/C13H10ClN3O/c14-10-8-12(13(18)16-7-3-6-15)17-11-5-2-1-4-9(10)11/h1-2,4-5,8H,3,7H2,(H,16,18). The third-order valence-electron chi connectivity index (χ3n) is 2.42. The van der Waals surface area contributed by atoms with Crippen LogP contribution in [0.5, 0.6) is 0 Å². The van der Waals surface area contributed by atoms with Crippen molar-refractivity contribution >= 4 is 28.4 Å². The number of pyridine rings is 1. The maximum absolute atomic E-state index is 11.8. The van der Waals surface area contributed by atoms with Gasteiger partial charge in [0.05, 0.1) is 23.0 Å². The third-order valence-corrected chi connectivity index (χ3v) is 2.73. The average Bonchev–Trinajstić information content (AvgIpc) is 2.39. The Morgan fingerprint density at radius 1 is 1.44 bits per heavy atom. The highest BCUT2D eigenvalue weighted by Crippen LogP contribution is 2.22. The van der Waals surface area contributed by atoms with Crippen LogP contribution in [0.1, 0.15) is 16.9 Å². The summed E-state index contributed by atoms with van der Waals surface area (Å²) in [4.78, 5) is 16.0. The zero-order valence-corrected chi connectivity index (χ0v) is 10.2. The van der Waals surface area contributed by atoms with Gasteiger partial charge in [0.25, 0.3) is 5.91 Å². The predicted octanol–water partition coefficient (Wildman–Crippen LogP) is 2.53. The summed E-state index contributed by atoms with van der Waals surface area (Å²) in [7, 11) is 0. The Morgan fingerprint density at radius 3 is 3.00 bits per heavy atom. The topological polar surface area (TPSA) is 65.8 Å². The smallest absolute Gasteiger partial charge is 0.269 e. The molecule has 2 aromatic rings. The fourth-order valence-corrected chi connectivity index (χ4v) is 1.83. The van der Waals surface area contributed by atoms with E-state index in [0.29, 0.717) is 17.1 Å². The zero-order valence-electron chi connectivity index (χ0n) is 9.48. The molecule has 0 atom stereocenters. The van der Waals surface area contributed by atoms with Gasteiger partial charge in [0.1, 0.15) is 5.69 Å². The van der Waals surface area contributed by atoms with Gasteiger partial charge in [0, 0.05) is 11.9 Å². The number of fused-ring (bicyclic) bond motifs is 1. The normalized spacial score (nSPS) is 10.0. The number of halogens is 1. The summed E-state index contributed by atoms with van der Waals surface area (Å²) in [6, 6.07) is 10.8. The molecule has 2 rings (SSSR count). The lowest BCUT2D eigenvalue weighted by Gasteiger charge is -2.05.